The van der Waals surface area contributed by atoms with Crippen LogP contribution in [0.2, 0.25) is 0 Å². The van der Waals surface area contributed by atoms with Gasteiger partial charge in [0.25, 0.3) is 0 Å². The molecule has 0 spiro atoms. The number of fused-ring (bicyclic) bond motifs is 2. The summed E-state index contributed by atoms with van der Waals surface area (Å²) in [6.45, 7) is 9.82. The Labute approximate surface area is 226 Å². The fraction of sp³-hybridized carbons (Fsp3) is 0.233. The van der Waals surface area contributed by atoms with Crippen LogP contribution in [-0.2, 0) is 11.2 Å². The largest absolute Gasteiger partial charge is 0.353 e. The minimum atomic E-state index is -0.0336. The van der Waals surface area contributed by atoms with Crippen LogP contribution in [0.4, 0.5) is 17.3 Å². The number of H-pyrrole nitrogens is 1. The van der Waals surface area contributed by atoms with E-state index in [1.165, 1.54) is 22.8 Å². The van der Waals surface area contributed by atoms with Crippen molar-refractivity contribution in [1.29, 1.82) is 0 Å². The van der Waals surface area contributed by atoms with Gasteiger partial charge in [-0.05, 0) is 79.4 Å². The predicted octanol–water partition coefficient (Wildman–Crippen LogP) is 4.77. The van der Waals surface area contributed by atoms with E-state index in [-0.39, 0.29) is 11.9 Å². The molecule has 2 aromatic carbocycles. The van der Waals surface area contributed by atoms with Gasteiger partial charge >= 0.3 is 0 Å². The lowest BCUT2D eigenvalue weighted by Gasteiger charge is -2.40. The Morgan fingerprint density at radius 2 is 1.97 bits per heavy atom. The summed E-state index contributed by atoms with van der Waals surface area (Å²) in [6.07, 6.45) is 5.50. The highest BCUT2D eigenvalue weighted by Gasteiger charge is 2.27. The van der Waals surface area contributed by atoms with Crippen molar-refractivity contribution < 1.29 is 4.79 Å². The van der Waals surface area contributed by atoms with E-state index < -0.39 is 0 Å². The van der Waals surface area contributed by atoms with Gasteiger partial charge in [-0.1, -0.05) is 18.7 Å². The van der Waals surface area contributed by atoms with E-state index in [1.54, 1.807) is 12.7 Å². The van der Waals surface area contributed by atoms with Crippen molar-refractivity contribution >= 4 is 45.3 Å². The van der Waals surface area contributed by atoms with Gasteiger partial charge in [0.1, 0.15) is 17.7 Å². The van der Waals surface area contributed by atoms with Crippen molar-refractivity contribution in [1.82, 2.24) is 29.8 Å². The Bertz CT molecular complexity index is 1690. The van der Waals surface area contributed by atoms with Crippen LogP contribution in [0, 0.1) is 6.92 Å². The Morgan fingerprint density at radius 3 is 2.79 bits per heavy atom. The second kappa shape index (κ2) is 10.2. The van der Waals surface area contributed by atoms with Gasteiger partial charge in [0.05, 0.1) is 22.9 Å². The molecule has 6 rings (SSSR count). The Kier molecular flexibility index (Phi) is 6.40. The molecule has 9 nitrogen and oxygen atoms in total. The summed E-state index contributed by atoms with van der Waals surface area (Å²) in [5, 5.41) is 3.46. The topological polar surface area (TPSA) is 103 Å². The molecule has 5 aromatic rings. The maximum Gasteiger partial charge on any atom is 0.246 e. The normalized spacial score (nSPS) is 15.6. The number of anilines is 3. The van der Waals surface area contributed by atoms with Crippen molar-refractivity contribution in [2.24, 2.45) is 0 Å². The molecular weight excluding hydrogens is 488 g/mol. The molecule has 2 N–H and O–H groups in total. The number of hydrogen-bond acceptors (Lipinski definition) is 7. The van der Waals surface area contributed by atoms with Crippen molar-refractivity contribution in [3.8, 4) is 0 Å². The third-order valence-electron chi connectivity index (χ3n) is 7.36. The first-order chi connectivity index (χ1) is 19.0. The molecule has 1 aliphatic rings. The maximum atomic E-state index is 12.1. The van der Waals surface area contributed by atoms with Gasteiger partial charge in [0, 0.05) is 31.4 Å². The number of hydrogen-bond donors (Lipinski definition) is 2. The summed E-state index contributed by atoms with van der Waals surface area (Å²) in [7, 11) is 0. The highest BCUT2D eigenvalue weighted by Crippen LogP contribution is 2.27. The molecule has 39 heavy (non-hydrogen) atoms. The third kappa shape index (κ3) is 4.90. The van der Waals surface area contributed by atoms with Crippen LogP contribution >= 0.6 is 0 Å². The molecule has 1 aliphatic heterocycles. The molecule has 196 valence electrons. The van der Waals surface area contributed by atoms with E-state index in [2.05, 4.69) is 80.1 Å². The van der Waals surface area contributed by atoms with Gasteiger partial charge in [-0.15, -0.1) is 0 Å². The lowest BCUT2D eigenvalue weighted by atomic mass is 9.99. The van der Waals surface area contributed by atoms with E-state index in [4.69, 9.17) is 4.98 Å². The zero-order valence-corrected chi connectivity index (χ0v) is 22.1. The van der Waals surface area contributed by atoms with Gasteiger partial charge in [0.15, 0.2) is 5.82 Å². The first kappa shape index (κ1) is 24.5. The maximum absolute atomic E-state index is 12.1. The number of carbonyl (C=O) groups excluding carboxylic acids is 1. The number of piperazine rings is 1. The number of aromatic amines is 1. The second-order valence-corrected chi connectivity index (χ2v) is 9.99. The highest BCUT2D eigenvalue weighted by atomic mass is 16.2. The molecule has 4 heterocycles. The number of benzene rings is 2. The fourth-order valence-electron chi connectivity index (χ4n) is 5.23. The number of carbonyl (C=O) groups is 1. The van der Waals surface area contributed by atoms with E-state index >= 15 is 0 Å². The second-order valence-electron chi connectivity index (χ2n) is 9.99. The molecule has 0 saturated carbocycles. The van der Waals surface area contributed by atoms with Crippen molar-refractivity contribution in [3.05, 3.63) is 90.5 Å². The smallest absolute Gasteiger partial charge is 0.246 e. The summed E-state index contributed by atoms with van der Waals surface area (Å²) in [5.74, 6) is 1.47. The van der Waals surface area contributed by atoms with Gasteiger partial charge in [-0.2, -0.15) is 0 Å². The predicted molar refractivity (Wildman–Crippen MR) is 154 cm³/mol. The van der Waals surface area contributed by atoms with E-state index in [1.807, 2.05) is 24.0 Å². The van der Waals surface area contributed by atoms with Crippen LogP contribution in [0.15, 0.2) is 73.8 Å². The summed E-state index contributed by atoms with van der Waals surface area (Å²) >= 11 is 0. The van der Waals surface area contributed by atoms with Crippen LogP contribution < -0.4 is 10.2 Å². The van der Waals surface area contributed by atoms with E-state index in [0.29, 0.717) is 31.0 Å². The first-order valence-electron chi connectivity index (χ1n) is 13.1. The first-order valence-corrected chi connectivity index (χ1v) is 13.1. The van der Waals surface area contributed by atoms with Gasteiger partial charge < -0.3 is 20.1 Å². The third-order valence-corrected chi connectivity index (χ3v) is 7.36. The average Bonchev–Trinajstić information content (AvgIpc) is 3.42. The van der Waals surface area contributed by atoms with E-state index in [0.717, 1.165) is 34.5 Å². The summed E-state index contributed by atoms with van der Waals surface area (Å²) in [5.41, 5.74) is 8.13. The number of aryl methyl sites for hydroxylation is 1. The van der Waals surface area contributed by atoms with Crippen LogP contribution in [0.5, 0.6) is 0 Å². The molecule has 0 bridgehead atoms. The monoisotopic (exact) mass is 518 g/mol. The number of amides is 1. The number of aromatic nitrogens is 5. The van der Waals surface area contributed by atoms with Crippen LogP contribution in [-0.4, -0.2) is 61.4 Å². The van der Waals surface area contributed by atoms with Crippen molar-refractivity contribution in [2.45, 2.75) is 26.3 Å². The lowest BCUT2D eigenvalue weighted by molar-refractivity contribution is -0.128. The Hall–Kier alpha value is -4.79. The number of pyridine rings is 1. The lowest BCUT2D eigenvalue weighted by Crippen LogP contribution is -2.53. The van der Waals surface area contributed by atoms with Crippen molar-refractivity contribution in [3.63, 3.8) is 0 Å². The molecule has 3 aromatic heterocycles. The van der Waals surface area contributed by atoms with Crippen LogP contribution in [0.3, 0.4) is 0 Å². The number of rotatable bonds is 6. The van der Waals surface area contributed by atoms with E-state index in [9.17, 15) is 4.79 Å². The minimum Gasteiger partial charge on any atom is -0.353 e. The van der Waals surface area contributed by atoms with Crippen molar-refractivity contribution in [2.75, 3.05) is 29.9 Å². The molecule has 1 amide bonds. The van der Waals surface area contributed by atoms with Gasteiger partial charge in [-0.3, -0.25) is 4.79 Å². The fourth-order valence-corrected chi connectivity index (χ4v) is 5.23. The highest BCUT2D eigenvalue weighted by molar-refractivity contribution is 5.89. The summed E-state index contributed by atoms with van der Waals surface area (Å²) in [6, 6.07) is 16.7. The van der Waals surface area contributed by atoms with Gasteiger partial charge in [-0.25, -0.2) is 19.9 Å². The molecular formula is C30H30N8O. The summed E-state index contributed by atoms with van der Waals surface area (Å²) < 4.78 is 0. The molecule has 1 atom stereocenters. The molecule has 1 saturated heterocycles. The van der Waals surface area contributed by atoms with Crippen LogP contribution in [0.25, 0.3) is 22.1 Å². The average molecular weight is 519 g/mol. The molecule has 0 aliphatic carbocycles. The minimum absolute atomic E-state index is 0.0336. The molecule has 0 unspecified atom stereocenters. The van der Waals surface area contributed by atoms with Gasteiger partial charge in [0.2, 0.25) is 5.91 Å². The number of imidazole rings is 1. The molecule has 9 heteroatoms. The molecule has 1 fully saturated rings. The number of nitrogens with one attached hydrogen (secondary N) is 2. The SMILES string of the molecule is C=CC(=O)N1CCN(c2ccc3ncnc(Nc4ccc(Cc5ccc6nc[nH]c6c5)c(C)c4)c3n2)C[C@H]1C. The summed E-state index contributed by atoms with van der Waals surface area (Å²) in [4.78, 5) is 37.6. The Balaban J connectivity index is 1.22. The zero-order chi connectivity index (χ0) is 26.9. The molecule has 0 radical (unpaired) electrons. The quantitative estimate of drug-likeness (QED) is 0.312. The van der Waals surface area contributed by atoms with Crippen LogP contribution in [0.1, 0.15) is 23.6 Å². The standard InChI is InChI=1S/C30H30N8O/c1-4-28(39)38-12-11-37(16-20(38)3)27-10-9-25-29(36-27)30(34-18-32-25)35-23-7-6-22(19(2)13-23)14-21-5-8-24-26(15-21)33-17-31-24/h4-10,13,15,17-18,20H,1,11-12,14,16H2,2-3H3,(H,31,33)(H,32,34,35)/t20-/m1/s1. The number of nitrogens with zero attached hydrogens (tertiary/aromatic N) is 6. The Morgan fingerprint density at radius 1 is 1.10 bits per heavy atom. The zero-order valence-electron chi connectivity index (χ0n) is 22.1.